The molecule has 1 atom stereocenters. The smallest absolute Gasteiger partial charge is 0.255 e. The molecule has 1 aromatic rings. The lowest BCUT2D eigenvalue weighted by Crippen LogP contribution is -2.34. The predicted molar refractivity (Wildman–Crippen MR) is 62.7 cm³/mol. The summed E-state index contributed by atoms with van der Waals surface area (Å²) in [5, 5.41) is 0. The van der Waals surface area contributed by atoms with Crippen molar-refractivity contribution in [2.75, 3.05) is 12.8 Å². The summed E-state index contributed by atoms with van der Waals surface area (Å²) < 4.78 is 0. The number of hydrogen-bond acceptors (Lipinski definition) is 2. The van der Waals surface area contributed by atoms with Gasteiger partial charge in [0.25, 0.3) is 5.91 Å². The Labute approximate surface area is 90.9 Å². The maximum atomic E-state index is 12.0. The zero-order chi connectivity index (χ0) is 11.4. The largest absolute Gasteiger partial charge is 0.398 e. The van der Waals surface area contributed by atoms with Gasteiger partial charge >= 0.3 is 0 Å². The quantitative estimate of drug-likeness (QED) is 0.770. The maximum Gasteiger partial charge on any atom is 0.255 e. The van der Waals surface area contributed by atoms with Crippen LogP contribution in [0.3, 0.4) is 0 Å². The Morgan fingerprint density at radius 1 is 1.47 bits per heavy atom. The molecule has 0 aliphatic heterocycles. The van der Waals surface area contributed by atoms with Crippen molar-refractivity contribution in [2.45, 2.75) is 26.3 Å². The average molecular weight is 206 g/mol. The number of hydrogen-bond donors (Lipinski definition) is 1. The van der Waals surface area contributed by atoms with Gasteiger partial charge in [0.05, 0.1) is 5.56 Å². The Morgan fingerprint density at radius 2 is 2.07 bits per heavy atom. The first-order chi connectivity index (χ1) is 7.07. The summed E-state index contributed by atoms with van der Waals surface area (Å²) in [4.78, 5) is 13.7. The van der Waals surface area contributed by atoms with Crippen LogP contribution in [0, 0.1) is 0 Å². The van der Waals surface area contributed by atoms with Crippen LogP contribution in [-0.2, 0) is 0 Å². The minimum Gasteiger partial charge on any atom is -0.398 e. The van der Waals surface area contributed by atoms with Crippen LogP contribution < -0.4 is 5.73 Å². The predicted octanol–water partition coefficient (Wildman–Crippen LogP) is 2.14. The molecule has 0 aromatic heterocycles. The van der Waals surface area contributed by atoms with Gasteiger partial charge in [-0.15, -0.1) is 0 Å². The van der Waals surface area contributed by atoms with Crippen LogP contribution in [0.15, 0.2) is 24.3 Å². The first kappa shape index (κ1) is 11.6. The first-order valence-electron chi connectivity index (χ1n) is 5.19. The number of amides is 1. The molecular weight excluding hydrogens is 188 g/mol. The Morgan fingerprint density at radius 3 is 2.60 bits per heavy atom. The number of carbonyl (C=O) groups excluding carboxylic acids is 1. The second-order valence-corrected chi connectivity index (χ2v) is 3.76. The molecule has 15 heavy (non-hydrogen) atoms. The highest BCUT2D eigenvalue weighted by Crippen LogP contribution is 2.14. The second kappa shape index (κ2) is 4.82. The summed E-state index contributed by atoms with van der Waals surface area (Å²) in [7, 11) is 1.81. The third kappa shape index (κ3) is 2.49. The van der Waals surface area contributed by atoms with Crippen molar-refractivity contribution in [3.63, 3.8) is 0 Å². The van der Waals surface area contributed by atoms with Gasteiger partial charge in [-0.3, -0.25) is 4.79 Å². The van der Waals surface area contributed by atoms with E-state index < -0.39 is 0 Å². The fraction of sp³-hybridized carbons (Fsp3) is 0.417. The van der Waals surface area contributed by atoms with E-state index in [2.05, 4.69) is 6.92 Å². The highest BCUT2D eigenvalue weighted by molar-refractivity contribution is 5.99. The summed E-state index contributed by atoms with van der Waals surface area (Å²) >= 11 is 0. The number of nitrogens with zero attached hydrogens (tertiary/aromatic N) is 1. The van der Waals surface area contributed by atoms with E-state index in [1.165, 1.54) is 0 Å². The lowest BCUT2D eigenvalue weighted by atomic mass is 10.1. The summed E-state index contributed by atoms with van der Waals surface area (Å²) in [5.74, 6) is -0.0116. The van der Waals surface area contributed by atoms with E-state index in [0.717, 1.165) is 6.42 Å². The third-order valence-electron chi connectivity index (χ3n) is 2.76. The molecule has 82 valence electrons. The van der Waals surface area contributed by atoms with Gasteiger partial charge in [-0.25, -0.2) is 0 Å². The summed E-state index contributed by atoms with van der Waals surface area (Å²) in [5.41, 5.74) is 6.88. The zero-order valence-electron chi connectivity index (χ0n) is 9.53. The molecule has 3 heteroatoms. The highest BCUT2D eigenvalue weighted by atomic mass is 16.2. The Balaban J connectivity index is 2.90. The molecule has 0 spiro atoms. The highest BCUT2D eigenvalue weighted by Gasteiger charge is 2.17. The first-order valence-corrected chi connectivity index (χ1v) is 5.19. The van der Waals surface area contributed by atoms with E-state index in [9.17, 15) is 4.79 Å². The summed E-state index contributed by atoms with van der Waals surface area (Å²) in [6.45, 7) is 4.08. The minimum atomic E-state index is -0.0116. The molecule has 1 unspecified atom stereocenters. The van der Waals surface area contributed by atoms with Crippen molar-refractivity contribution < 1.29 is 4.79 Å². The van der Waals surface area contributed by atoms with E-state index in [0.29, 0.717) is 11.3 Å². The number of benzene rings is 1. The second-order valence-electron chi connectivity index (χ2n) is 3.76. The van der Waals surface area contributed by atoms with Crippen molar-refractivity contribution in [1.82, 2.24) is 4.90 Å². The molecule has 0 fully saturated rings. The molecule has 0 heterocycles. The van der Waals surface area contributed by atoms with Crippen molar-refractivity contribution in [2.24, 2.45) is 0 Å². The molecule has 0 radical (unpaired) electrons. The van der Waals surface area contributed by atoms with Gasteiger partial charge in [0.15, 0.2) is 0 Å². The van der Waals surface area contributed by atoms with Crippen LogP contribution in [0.5, 0.6) is 0 Å². The lowest BCUT2D eigenvalue weighted by molar-refractivity contribution is 0.0741. The van der Waals surface area contributed by atoms with Gasteiger partial charge in [0, 0.05) is 18.8 Å². The molecular formula is C12H18N2O. The molecule has 1 rings (SSSR count). The average Bonchev–Trinajstić information content (AvgIpc) is 2.26. The number of rotatable bonds is 3. The fourth-order valence-electron chi connectivity index (χ4n) is 1.36. The Hall–Kier alpha value is -1.51. The molecule has 3 nitrogen and oxygen atoms in total. The molecule has 1 aromatic carbocycles. The van der Waals surface area contributed by atoms with Crippen LogP contribution in [0.25, 0.3) is 0 Å². The number of anilines is 1. The van der Waals surface area contributed by atoms with Crippen molar-refractivity contribution in [1.29, 1.82) is 0 Å². The van der Waals surface area contributed by atoms with E-state index in [1.807, 2.05) is 26.1 Å². The molecule has 2 N–H and O–H groups in total. The Kier molecular flexibility index (Phi) is 3.72. The molecule has 0 bridgehead atoms. The van der Waals surface area contributed by atoms with E-state index >= 15 is 0 Å². The van der Waals surface area contributed by atoms with Crippen LogP contribution >= 0.6 is 0 Å². The van der Waals surface area contributed by atoms with Gasteiger partial charge in [-0.2, -0.15) is 0 Å². The van der Waals surface area contributed by atoms with Crippen LogP contribution in [0.4, 0.5) is 5.69 Å². The molecule has 0 saturated carbocycles. The topological polar surface area (TPSA) is 46.3 Å². The van der Waals surface area contributed by atoms with Gasteiger partial charge in [0.1, 0.15) is 0 Å². The lowest BCUT2D eigenvalue weighted by Gasteiger charge is -2.24. The van der Waals surface area contributed by atoms with Crippen LogP contribution in [0.2, 0.25) is 0 Å². The van der Waals surface area contributed by atoms with E-state index in [4.69, 9.17) is 5.73 Å². The standard InChI is InChI=1S/C12H18N2O/c1-4-9(2)14(3)12(15)10-7-5-6-8-11(10)13/h5-9H,4,13H2,1-3H3. The molecule has 0 aliphatic rings. The monoisotopic (exact) mass is 206 g/mol. The molecule has 0 aliphatic carbocycles. The minimum absolute atomic E-state index is 0.0116. The number of para-hydroxylation sites is 1. The fourth-order valence-corrected chi connectivity index (χ4v) is 1.36. The molecule has 0 saturated heterocycles. The van der Waals surface area contributed by atoms with Gasteiger partial charge in [-0.05, 0) is 25.5 Å². The van der Waals surface area contributed by atoms with Crippen molar-refractivity contribution in [3.05, 3.63) is 29.8 Å². The van der Waals surface area contributed by atoms with Crippen LogP contribution in [-0.4, -0.2) is 23.9 Å². The zero-order valence-corrected chi connectivity index (χ0v) is 9.53. The van der Waals surface area contributed by atoms with Crippen LogP contribution in [0.1, 0.15) is 30.6 Å². The van der Waals surface area contributed by atoms with Crippen molar-refractivity contribution >= 4 is 11.6 Å². The normalized spacial score (nSPS) is 12.2. The number of nitrogens with two attached hydrogens (primary N) is 1. The SMILES string of the molecule is CCC(C)N(C)C(=O)c1ccccc1N. The molecule has 1 amide bonds. The number of nitrogen functional groups attached to an aromatic ring is 1. The maximum absolute atomic E-state index is 12.0. The Bertz CT molecular complexity index is 349. The van der Waals surface area contributed by atoms with Gasteiger partial charge < -0.3 is 10.6 Å². The van der Waals surface area contributed by atoms with E-state index in [1.54, 1.807) is 17.0 Å². The summed E-state index contributed by atoms with van der Waals surface area (Å²) in [6.07, 6.45) is 0.939. The van der Waals surface area contributed by atoms with Gasteiger partial charge in [-0.1, -0.05) is 19.1 Å². The van der Waals surface area contributed by atoms with E-state index in [-0.39, 0.29) is 11.9 Å². The summed E-state index contributed by atoms with van der Waals surface area (Å²) in [6, 6.07) is 7.40. The number of carbonyl (C=O) groups is 1. The third-order valence-corrected chi connectivity index (χ3v) is 2.76. The van der Waals surface area contributed by atoms with Crippen molar-refractivity contribution in [3.8, 4) is 0 Å². The van der Waals surface area contributed by atoms with Gasteiger partial charge in [0.2, 0.25) is 0 Å².